The summed E-state index contributed by atoms with van der Waals surface area (Å²) in [7, 11) is 0. The molecule has 0 bridgehead atoms. The van der Waals surface area contributed by atoms with Gasteiger partial charge in [-0.25, -0.2) is 0 Å². The third-order valence-electron chi connectivity index (χ3n) is 6.48. The van der Waals surface area contributed by atoms with E-state index in [1.807, 2.05) is 70.6 Å². The molecular weight excluding hydrogens is 422 g/mol. The lowest BCUT2D eigenvalue weighted by molar-refractivity contribution is -0.136. The average Bonchev–Trinajstić information content (AvgIpc) is 3.33. The van der Waals surface area contributed by atoms with Crippen molar-refractivity contribution < 1.29 is 9.59 Å². The molecule has 0 saturated carbocycles. The molecule has 3 aromatic rings. The van der Waals surface area contributed by atoms with Gasteiger partial charge >= 0.3 is 0 Å². The average molecular weight is 446 g/mol. The summed E-state index contributed by atoms with van der Waals surface area (Å²) in [6.07, 6.45) is 6.69. The smallest absolute Gasteiger partial charge is 0.256 e. The number of carbonyl (C=O) groups excluding carboxylic acids is 2. The van der Waals surface area contributed by atoms with E-state index < -0.39 is 5.66 Å². The minimum Gasteiger partial charge on any atom is -0.310 e. The minimum atomic E-state index is -0.904. The van der Waals surface area contributed by atoms with Gasteiger partial charge in [0.15, 0.2) is 5.66 Å². The third kappa shape index (κ3) is 3.28. The van der Waals surface area contributed by atoms with Gasteiger partial charge < -0.3 is 9.80 Å². The summed E-state index contributed by atoms with van der Waals surface area (Å²) in [5.74, 6) is 0.0422. The van der Waals surface area contributed by atoms with E-state index in [0.29, 0.717) is 30.1 Å². The first kappa shape index (κ1) is 20.7. The van der Waals surface area contributed by atoms with Crippen LogP contribution in [0.2, 0.25) is 5.02 Å². The maximum Gasteiger partial charge on any atom is 0.256 e. The first-order chi connectivity index (χ1) is 15.6. The van der Waals surface area contributed by atoms with E-state index in [1.165, 1.54) is 5.56 Å². The molecular formula is C26H24ClN3O2. The highest BCUT2D eigenvalue weighted by Crippen LogP contribution is 2.49. The molecule has 1 saturated heterocycles. The number of unbranched alkanes of at least 4 members (excludes halogenated alkanes) is 1. The Morgan fingerprint density at radius 2 is 1.81 bits per heavy atom. The molecule has 3 heterocycles. The fourth-order valence-corrected chi connectivity index (χ4v) is 5.19. The number of amides is 2. The van der Waals surface area contributed by atoms with Crippen LogP contribution in [0.4, 0.5) is 0 Å². The second-order valence-corrected chi connectivity index (χ2v) is 8.73. The van der Waals surface area contributed by atoms with Crippen molar-refractivity contribution >= 4 is 23.4 Å². The van der Waals surface area contributed by atoms with Crippen LogP contribution in [0.1, 0.15) is 46.3 Å². The first-order valence-electron chi connectivity index (χ1n) is 11.0. The van der Waals surface area contributed by atoms with Gasteiger partial charge in [-0.2, -0.15) is 0 Å². The van der Waals surface area contributed by atoms with Crippen LogP contribution in [0.15, 0.2) is 73.1 Å². The molecule has 1 aromatic heterocycles. The summed E-state index contributed by atoms with van der Waals surface area (Å²) >= 11 is 6.16. The van der Waals surface area contributed by atoms with Gasteiger partial charge in [0, 0.05) is 53.6 Å². The molecule has 5 nitrogen and oxygen atoms in total. The highest BCUT2D eigenvalue weighted by molar-refractivity contribution is 6.30. The summed E-state index contributed by atoms with van der Waals surface area (Å²) in [5, 5.41) is 0.626. The van der Waals surface area contributed by atoms with E-state index in [2.05, 4.69) is 11.1 Å². The molecule has 0 aliphatic carbocycles. The molecule has 1 fully saturated rings. The van der Waals surface area contributed by atoms with Gasteiger partial charge in [-0.15, -0.1) is 0 Å². The van der Waals surface area contributed by atoms with Crippen LogP contribution in [0, 0.1) is 0 Å². The van der Waals surface area contributed by atoms with Crippen LogP contribution in [-0.2, 0) is 16.9 Å². The molecule has 32 heavy (non-hydrogen) atoms. The Labute approximate surface area is 192 Å². The van der Waals surface area contributed by atoms with Gasteiger partial charge in [-0.3, -0.25) is 14.6 Å². The molecule has 2 aliphatic heterocycles. The third-order valence-corrected chi connectivity index (χ3v) is 6.74. The van der Waals surface area contributed by atoms with Gasteiger partial charge in [0.2, 0.25) is 5.91 Å². The van der Waals surface area contributed by atoms with Crippen LogP contribution in [0.5, 0.6) is 0 Å². The second kappa shape index (κ2) is 8.40. The normalized spacial score (nSPS) is 19.2. The van der Waals surface area contributed by atoms with Crippen LogP contribution >= 0.6 is 11.6 Å². The Morgan fingerprint density at radius 3 is 2.59 bits per heavy atom. The van der Waals surface area contributed by atoms with E-state index in [4.69, 9.17) is 11.6 Å². The number of hydrogen-bond acceptors (Lipinski definition) is 3. The van der Waals surface area contributed by atoms with E-state index >= 15 is 0 Å². The van der Waals surface area contributed by atoms with Crippen molar-refractivity contribution in [2.45, 2.75) is 31.3 Å². The monoisotopic (exact) mass is 445 g/mol. The lowest BCUT2D eigenvalue weighted by Gasteiger charge is -2.40. The number of aryl methyl sites for hydroxylation is 1. The number of carbonyl (C=O) groups is 2. The van der Waals surface area contributed by atoms with Crippen molar-refractivity contribution in [1.82, 2.24) is 14.8 Å². The van der Waals surface area contributed by atoms with Crippen LogP contribution in [0.3, 0.4) is 0 Å². The zero-order valence-electron chi connectivity index (χ0n) is 17.7. The quantitative estimate of drug-likeness (QED) is 0.519. The van der Waals surface area contributed by atoms with E-state index in [0.717, 1.165) is 30.4 Å². The molecule has 1 atom stereocenters. The number of halogens is 1. The minimum absolute atomic E-state index is 0.0255. The van der Waals surface area contributed by atoms with Crippen molar-refractivity contribution in [1.29, 1.82) is 0 Å². The number of aromatic nitrogens is 1. The van der Waals surface area contributed by atoms with E-state index in [-0.39, 0.29) is 11.8 Å². The topological polar surface area (TPSA) is 53.5 Å². The highest BCUT2D eigenvalue weighted by Gasteiger charge is 2.59. The maximum atomic E-state index is 13.5. The highest BCUT2D eigenvalue weighted by atomic mass is 35.5. The van der Waals surface area contributed by atoms with Gasteiger partial charge in [-0.1, -0.05) is 48.0 Å². The number of hydrogen-bond donors (Lipinski definition) is 0. The number of rotatable bonds is 6. The molecule has 0 radical (unpaired) electrons. The molecule has 2 aromatic carbocycles. The van der Waals surface area contributed by atoms with Gasteiger partial charge in [0.05, 0.1) is 0 Å². The number of pyridine rings is 1. The van der Waals surface area contributed by atoms with Crippen molar-refractivity contribution in [2.75, 3.05) is 13.1 Å². The molecule has 2 amide bonds. The van der Waals surface area contributed by atoms with Crippen molar-refractivity contribution in [3.05, 3.63) is 100 Å². The number of nitrogens with zero attached hydrogens (tertiary/aromatic N) is 3. The molecule has 1 unspecified atom stereocenters. The van der Waals surface area contributed by atoms with Gasteiger partial charge in [0.25, 0.3) is 5.91 Å². The van der Waals surface area contributed by atoms with Crippen molar-refractivity contribution in [2.24, 2.45) is 0 Å². The van der Waals surface area contributed by atoms with Gasteiger partial charge in [0.1, 0.15) is 0 Å². The standard InChI is InChI=1S/C26H24ClN3O2/c27-21-13-11-20(12-14-21)26-23-9-3-2-8-22(23)25(32)30(26)17-16-29(26)24(31)10-4-1-6-19-7-5-15-28-18-19/h2-3,5,7-9,11-15,18H,1,4,6,10,16-17H2. The fourth-order valence-electron chi connectivity index (χ4n) is 5.07. The Kier molecular flexibility index (Phi) is 5.43. The van der Waals surface area contributed by atoms with E-state index in [9.17, 15) is 9.59 Å². The molecule has 5 rings (SSSR count). The van der Waals surface area contributed by atoms with Crippen molar-refractivity contribution in [3.8, 4) is 0 Å². The lowest BCUT2D eigenvalue weighted by Crippen LogP contribution is -2.51. The van der Waals surface area contributed by atoms with E-state index in [1.54, 1.807) is 6.20 Å². The summed E-state index contributed by atoms with van der Waals surface area (Å²) in [4.78, 5) is 34.7. The number of benzene rings is 2. The first-order valence-corrected chi connectivity index (χ1v) is 11.4. The van der Waals surface area contributed by atoms with Crippen LogP contribution in [0.25, 0.3) is 0 Å². The molecule has 0 spiro atoms. The van der Waals surface area contributed by atoms with Crippen LogP contribution < -0.4 is 0 Å². The lowest BCUT2D eigenvalue weighted by atomic mass is 9.89. The number of fused-ring (bicyclic) bond motifs is 3. The largest absolute Gasteiger partial charge is 0.310 e. The zero-order valence-corrected chi connectivity index (χ0v) is 18.5. The second-order valence-electron chi connectivity index (χ2n) is 8.30. The summed E-state index contributed by atoms with van der Waals surface area (Å²) < 4.78 is 0. The maximum absolute atomic E-state index is 13.5. The summed E-state index contributed by atoms with van der Waals surface area (Å²) in [5.41, 5.74) is 2.70. The Balaban J connectivity index is 1.43. The summed E-state index contributed by atoms with van der Waals surface area (Å²) in [6, 6.07) is 19.1. The van der Waals surface area contributed by atoms with Crippen molar-refractivity contribution in [3.63, 3.8) is 0 Å². The summed E-state index contributed by atoms with van der Waals surface area (Å²) in [6.45, 7) is 1.03. The predicted molar refractivity (Wildman–Crippen MR) is 123 cm³/mol. The molecule has 2 aliphatic rings. The van der Waals surface area contributed by atoms with Gasteiger partial charge in [-0.05, 0) is 49.1 Å². The molecule has 0 N–H and O–H groups in total. The molecule has 6 heteroatoms. The Hall–Kier alpha value is -3.18. The fraction of sp³-hybridized carbons (Fsp3) is 0.269. The molecule has 162 valence electrons. The van der Waals surface area contributed by atoms with Crippen LogP contribution in [-0.4, -0.2) is 39.7 Å². The predicted octanol–water partition coefficient (Wildman–Crippen LogP) is 4.65. The zero-order chi connectivity index (χ0) is 22.1. The Bertz CT molecular complexity index is 1150. The SMILES string of the molecule is O=C(CCCCc1cccnc1)N1CCN2C(=O)c3ccccc3C12c1ccc(Cl)cc1. The Morgan fingerprint density at radius 1 is 1.00 bits per heavy atom.